The van der Waals surface area contributed by atoms with Crippen molar-refractivity contribution in [3.8, 4) is 11.3 Å². The molecule has 0 saturated carbocycles. The van der Waals surface area contributed by atoms with E-state index in [1.165, 1.54) is 4.57 Å². The average molecular weight is 264 g/mol. The molecule has 0 amide bonds. The predicted molar refractivity (Wildman–Crippen MR) is 76.4 cm³/mol. The van der Waals surface area contributed by atoms with Gasteiger partial charge in [-0.25, -0.2) is 4.57 Å². The third-order valence-electron chi connectivity index (χ3n) is 4.08. The maximum atomic E-state index is 8.00. The number of rotatable bonds is 0. The lowest BCUT2D eigenvalue weighted by atomic mass is 10.1. The van der Waals surface area contributed by atoms with Crippen molar-refractivity contribution < 1.29 is 8.68 Å². The van der Waals surface area contributed by atoms with E-state index in [4.69, 9.17) is 4.11 Å². The van der Waals surface area contributed by atoms with Crippen LogP contribution in [0, 0.1) is 0 Å². The third-order valence-corrected chi connectivity index (χ3v) is 4.08. The molecule has 0 saturated heterocycles. The van der Waals surface area contributed by atoms with Crippen LogP contribution in [0.25, 0.3) is 27.9 Å². The molecule has 3 aromatic heterocycles. The van der Waals surface area contributed by atoms with Gasteiger partial charge in [0.25, 0.3) is 12.0 Å². The van der Waals surface area contributed by atoms with Crippen molar-refractivity contribution in [3.05, 3.63) is 54.6 Å². The van der Waals surface area contributed by atoms with E-state index in [0.717, 1.165) is 28.9 Å². The Labute approximate surface area is 119 Å². The molecule has 1 aliphatic rings. The number of nitrogens with zero attached hydrogens (tertiary/aromatic N) is 4. The lowest BCUT2D eigenvalue weighted by Gasteiger charge is -1.95. The first-order valence-electron chi connectivity index (χ1n) is 8.03. The predicted octanol–water partition coefficient (Wildman–Crippen LogP) is 2.14. The molecule has 4 nitrogen and oxygen atoms in total. The number of imidazole rings is 2. The Morgan fingerprint density at radius 1 is 1.25 bits per heavy atom. The van der Waals surface area contributed by atoms with E-state index in [2.05, 4.69) is 9.55 Å². The van der Waals surface area contributed by atoms with Gasteiger partial charge in [-0.1, -0.05) is 12.1 Å². The highest BCUT2D eigenvalue weighted by atomic mass is 15.2. The Hall–Kier alpha value is -2.62. The first kappa shape index (κ1) is 7.85. The van der Waals surface area contributed by atoms with E-state index >= 15 is 0 Å². The van der Waals surface area contributed by atoms with Gasteiger partial charge in [-0.2, -0.15) is 4.40 Å². The Kier molecular flexibility index (Phi) is 1.29. The summed E-state index contributed by atoms with van der Waals surface area (Å²) in [5, 5.41) is 0. The van der Waals surface area contributed by atoms with Crippen molar-refractivity contribution in [2.75, 3.05) is 0 Å². The highest BCUT2D eigenvalue weighted by Crippen LogP contribution is 2.32. The Balaban J connectivity index is 2.02. The molecule has 4 heterocycles. The van der Waals surface area contributed by atoms with Gasteiger partial charge in [0.05, 0.1) is 5.52 Å². The van der Waals surface area contributed by atoms with Gasteiger partial charge in [0.15, 0.2) is 5.52 Å². The third kappa shape index (κ3) is 1.04. The highest BCUT2D eigenvalue weighted by molar-refractivity contribution is 5.87. The van der Waals surface area contributed by atoms with E-state index in [1.54, 1.807) is 6.20 Å². The van der Waals surface area contributed by atoms with E-state index in [-0.39, 0.29) is 0 Å². The van der Waals surface area contributed by atoms with Crippen LogP contribution in [0.3, 0.4) is 0 Å². The molecule has 0 fully saturated rings. The number of benzene rings is 1. The van der Waals surface area contributed by atoms with E-state index in [9.17, 15) is 0 Å². The quantitative estimate of drug-likeness (QED) is 0.394. The first-order valence-corrected chi connectivity index (χ1v) is 6.53. The van der Waals surface area contributed by atoms with Crippen LogP contribution in [-0.2, 0) is 13.5 Å². The second-order valence-corrected chi connectivity index (χ2v) is 5.14. The van der Waals surface area contributed by atoms with Crippen molar-refractivity contribution in [1.29, 1.82) is 0 Å². The van der Waals surface area contributed by atoms with Crippen LogP contribution >= 0.6 is 0 Å². The van der Waals surface area contributed by atoms with Gasteiger partial charge in [0.1, 0.15) is 6.54 Å². The summed E-state index contributed by atoms with van der Waals surface area (Å²) in [7, 11) is 0. The molecule has 20 heavy (non-hydrogen) atoms. The molecule has 0 bridgehead atoms. The maximum Gasteiger partial charge on any atom is 0.255 e. The highest BCUT2D eigenvalue weighted by Gasteiger charge is 2.32. The zero-order valence-corrected chi connectivity index (χ0v) is 10.6. The van der Waals surface area contributed by atoms with Gasteiger partial charge >= 0.3 is 0 Å². The summed E-state index contributed by atoms with van der Waals surface area (Å²) < 4.78 is 29.5. The molecule has 1 aromatic carbocycles. The fraction of sp³-hybridized carbons (Fsp3) is 0.125. The van der Waals surface area contributed by atoms with Crippen LogP contribution in [0.4, 0.5) is 0 Å². The molecule has 0 spiro atoms. The Morgan fingerprint density at radius 3 is 3.05 bits per heavy atom. The number of para-hydroxylation sites is 2. The fourth-order valence-electron chi connectivity index (χ4n) is 3.22. The molecule has 96 valence electrons. The summed E-state index contributed by atoms with van der Waals surface area (Å²) >= 11 is 0. The van der Waals surface area contributed by atoms with Gasteiger partial charge in [0.2, 0.25) is 5.69 Å². The van der Waals surface area contributed by atoms with Gasteiger partial charge in [-0.05, 0) is 18.2 Å². The molecule has 0 unspecified atom stereocenters. The number of fused-ring (bicyclic) bond motifs is 7. The number of aryl methyl sites for hydroxylation is 1. The molecule has 4 heteroatoms. The van der Waals surface area contributed by atoms with Crippen LogP contribution in [0.2, 0.25) is 0 Å². The van der Waals surface area contributed by atoms with Crippen molar-refractivity contribution in [2.45, 2.75) is 6.54 Å². The smallest absolute Gasteiger partial charge is 0.255 e. The van der Waals surface area contributed by atoms with Crippen LogP contribution in [0.5, 0.6) is 0 Å². The summed E-state index contributed by atoms with van der Waals surface area (Å²) in [5.41, 5.74) is 5.43. The van der Waals surface area contributed by atoms with Gasteiger partial charge in [-0.3, -0.25) is 4.98 Å². The van der Waals surface area contributed by atoms with Crippen molar-refractivity contribution >= 4 is 16.7 Å². The zero-order chi connectivity index (χ0) is 15.8. The van der Waals surface area contributed by atoms with Crippen molar-refractivity contribution in [3.63, 3.8) is 0 Å². The molecule has 0 radical (unpaired) electrons. The summed E-state index contributed by atoms with van der Waals surface area (Å²) in [5.74, 6) is 0. The SMILES string of the molecule is [2H]C([2H])([2H])n1c2ccccc2n2c[n+]3c(c12)-c1ccncc1C3. The van der Waals surface area contributed by atoms with Gasteiger partial charge < -0.3 is 4.57 Å². The number of hydrogen-bond donors (Lipinski definition) is 0. The topological polar surface area (TPSA) is 26.1 Å². The molecular weight excluding hydrogens is 248 g/mol. The maximum absolute atomic E-state index is 8.00. The van der Waals surface area contributed by atoms with E-state index in [1.807, 2.05) is 47.3 Å². The number of aromatic nitrogens is 4. The monoisotopic (exact) mass is 264 g/mol. The molecule has 0 aliphatic carbocycles. The van der Waals surface area contributed by atoms with E-state index < -0.39 is 6.98 Å². The summed E-state index contributed by atoms with van der Waals surface area (Å²) in [6.45, 7) is -1.53. The van der Waals surface area contributed by atoms with Crippen molar-refractivity contribution in [1.82, 2.24) is 14.0 Å². The fourth-order valence-corrected chi connectivity index (χ4v) is 3.22. The van der Waals surface area contributed by atoms with Gasteiger partial charge in [0, 0.05) is 34.6 Å². The first-order chi connectivity index (χ1) is 11.1. The standard InChI is InChI=1S/C16H13N4/c1-18-13-4-2-3-5-14(13)20-10-19-9-11-8-17-7-6-12(11)15(19)16(18)20/h2-8,10H,9H2,1H3/q+1/i1D3. The molecule has 0 N–H and O–H groups in total. The summed E-state index contributed by atoms with van der Waals surface area (Å²) in [4.78, 5) is 4.17. The molecule has 4 aromatic rings. The minimum Gasteiger partial charge on any atom is -0.304 e. The summed E-state index contributed by atoms with van der Waals surface area (Å²) in [6.07, 6.45) is 5.58. The van der Waals surface area contributed by atoms with Crippen LogP contribution < -0.4 is 4.57 Å². The van der Waals surface area contributed by atoms with Gasteiger partial charge in [-0.15, -0.1) is 0 Å². The molecule has 5 rings (SSSR count). The molecule has 0 atom stereocenters. The van der Waals surface area contributed by atoms with Crippen LogP contribution in [-0.4, -0.2) is 14.0 Å². The minimum atomic E-state index is -2.24. The van der Waals surface area contributed by atoms with E-state index in [0.29, 0.717) is 11.2 Å². The number of hydrogen-bond acceptors (Lipinski definition) is 1. The lowest BCUT2D eigenvalue weighted by molar-refractivity contribution is -0.671. The minimum absolute atomic E-state index is 0.705. The Morgan fingerprint density at radius 2 is 2.15 bits per heavy atom. The largest absolute Gasteiger partial charge is 0.304 e. The molecule has 1 aliphatic heterocycles. The molecular formula is C16H13N4+. The zero-order valence-electron chi connectivity index (χ0n) is 13.6. The average Bonchev–Trinajstić information content (AvgIpc) is 3.12. The second kappa shape index (κ2) is 3.28. The number of pyridine rings is 1. The summed E-state index contributed by atoms with van der Waals surface area (Å²) in [6, 6.07) is 9.56. The van der Waals surface area contributed by atoms with Crippen LogP contribution in [0.15, 0.2) is 49.1 Å². The van der Waals surface area contributed by atoms with Crippen molar-refractivity contribution in [2.24, 2.45) is 6.98 Å². The Bertz CT molecular complexity index is 1090. The lowest BCUT2D eigenvalue weighted by Crippen LogP contribution is -2.29. The second-order valence-electron chi connectivity index (χ2n) is 5.14. The van der Waals surface area contributed by atoms with Crippen LogP contribution in [0.1, 0.15) is 9.68 Å². The normalized spacial score (nSPS) is 15.9.